The van der Waals surface area contributed by atoms with Gasteiger partial charge in [0.2, 0.25) is 11.8 Å². The van der Waals surface area contributed by atoms with Crippen molar-refractivity contribution < 1.29 is 14.5 Å². The molecule has 2 rings (SSSR count). The van der Waals surface area contributed by atoms with E-state index >= 15 is 0 Å². The number of carbonyl (C=O) groups is 2. The fourth-order valence-corrected chi connectivity index (χ4v) is 3.72. The summed E-state index contributed by atoms with van der Waals surface area (Å²) < 4.78 is 0. The largest absolute Gasteiger partial charge is 0.357 e. The zero-order chi connectivity index (χ0) is 21.4. The summed E-state index contributed by atoms with van der Waals surface area (Å²) in [7, 11) is 1.55. The fraction of sp³-hybridized carbons (Fsp3) is 0.333. The number of hydrogen-bond acceptors (Lipinski definition) is 5. The first-order valence-corrected chi connectivity index (χ1v) is 10.3. The van der Waals surface area contributed by atoms with E-state index in [0.29, 0.717) is 12.3 Å². The van der Waals surface area contributed by atoms with Gasteiger partial charge >= 0.3 is 0 Å². The number of carbonyl (C=O) groups excluding carboxylic acids is 2. The molecule has 1 atom stereocenters. The molecular weight excluding hydrogens is 390 g/mol. The van der Waals surface area contributed by atoms with E-state index in [2.05, 4.69) is 5.32 Å². The number of likely N-dealkylation sites (N-methyl/N-ethyl adjacent to an activating group) is 1. The van der Waals surface area contributed by atoms with Gasteiger partial charge in [-0.05, 0) is 25.0 Å². The van der Waals surface area contributed by atoms with Crippen LogP contribution in [-0.2, 0) is 21.9 Å². The summed E-state index contributed by atoms with van der Waals surface area (Å²) in [5.74, 6) is 0.418. The minimum atomic E-state index is -0.590. The maximum absolute atomic E-state index is 12.9. The molecule has 0 saturated heterocycles. The predicted molar refractivity (Wildman–Crippen MR) is 115 cm³/mol. The first-order chi connectivity index (χ1) is 13.8. The summed E-state index contributed by atoms with van der Waals surface area (Å²) in [4.78, 5) is 36.9. The molecule has 1 N–H and O–H groups in total. The maximum atomic E-state index is 12.9. The van der Waals surface area contributed by atoms with E-state index < -0.39 is 11.0 Å². The van der Waals surface area contributed by atoms with Crippen molar-refractivity contribution in [1.29, 1.82) is 0 Å². The van der Waals surface area contributed by atoms with Crippen LogP contribution in [-0.4, -0.2) is 40.5 Å². The van der Waals surface area contributed by atoms with Crippen LogP contribution in [0.3, 0.4) is 0 Å². The average Bonchev–Trinajstić information content (AvgIpc) is 2.71. The Morgan fingerprint density at radius 2 is 1.86 bits per heavy atom. The van der Waals surface area contributed by atoms with E-state index in [1.165, 1.54) is 23.9 Å². The van der Waals surface area contributed by atoms with Crippen LogP contribution in [0.25, 0.3) is 0 Å². The zero-order valence-electron chi connectivity index (χ0n) is 16.8. The van der Waals surface area contributed by atoms with Crippen molar-refractivity contribution in [2.24, 2.45) is 0 Å². The molecule has 7 nitrogen and oxygen atoms in total. The highest BCUT2D eigenvalue weighted by Gasteiger charge is 2.25. The molecule has 0 aromatic heterocycles. The molecule has 0 radical (unpaired) electrons. The molecular formula is C21H25N3O4S. The second-order valence-corrected chi connectivity index (χ2v) is 7.70. The van der Waals surface area contributed by atoms with Gasteiger partial charge in [-0.3, -0.25) is 19.7 Å². The Bertz CT molecular complexity index is 870. The summed E-state index contributed by atoms with van der Waals surface area (Å²) in [5.41, 5.74) is 3.00. The van der Waals surface area contributed by atoms with Gasteiger partial charge in [0.05, 0.1) is 10.7 Å². The molecule has 0 fully saturated rings. The van der Waals surface area contributed by atoms with Crippen LogP contribution in [0.2, 0.25) is 0 Å². The first-order valence-electron chi connectivity index (χ1n) is 9.19. The van der Waals surface area contributed by atoms with Crippen LogP contribution in [0.5, 0.6) is 0 Å². The molecule has 29 heavy (non-hydrogen) atoms. The second-order valence-electron chi connectivity index (χ2n) is 6.72. The van der Waals surface area contributed by atoms with Crippen molar-refractivity contribution in [2.75, 3.05) is 12.8 Å². The van der Waals surface area contributed by atoms with Crippen LogP contribution in [0, 0.1) is 17.0 Å². The summed E-state index contributed by atoms with van der Waals surface area (Å²) in [6.45, 7) is 4.05. The van der Waals surface area contributed by atoms with Crippen LogP contribution in [0.4, 0.5) is 5.69 Å². The summed E-state index contributed by atoms with van der Waals surface area (Å²) in [6.07, 6.45) is 0. The first kappa shape index (κ1) is 22.4. The van der Waals surface area contributed by atoms with Crippen LogP contribution in [0.15, 0.2) is 48.5 Å². The van der Waals surface area contributed by atoms with Gasteiger partial charge in [0.15, 0.2) is 0 Å². The molecule has 8 heteroatoms. The van der Waals surface area contributed by atoms with Gasteiger partial charge in [-0.15, -0.1) is 11.8 Å². The molecule has 0 saturated carbocycles. The Hall–Kier alpha value is -2.87. The molecule has 2 amide bonds. The lowest BCUT2D eigenvalue weighted by Gasteiger charge is -2.28. The van der Waals surface area contributed by atoms with Gasteiger partial charge in [-0.25, -0.2) is 0 Å². The molecule has 0 aliphatic carbocycles. The van der Waals surface area contributed by atoms with Crippen LogP contribution < -0.4 is 5.32 Å². The number of aryl methyl sites for hydroxylation is 1. The Balaban J connectivity index is 2.02. The third kappa shape index (κ3) is 6.60. The van der Waals surface area contributed by atoms with Crippen molar-refractivity contribution in [3.8, 4) is 0 Å². The normalized spacial score (nSPS) is 11.6. The molecule has 0 bridgehead atoms. The maximum Gasteiger partial charge on any atom is 0.269 e. The third-order valence-corrected chi connectivity index (χ3v) is 5.48. The molecule has 0 aliphatic heterocycles. The van der Waals surface area contributed by atoms with Crippen molar-refractivity contribution in [3.05, 3.63) is 75.3 Å². The highest BCUT2D eigenvalue weighted by atomic mass is 32.2. The minimum Gasteiger partial charge on any atom is -0.357 e. The van der Waals surface area contributed by atoms with E-state index in [9.17, 15) is 19.7 Å². The number of non-ortho nitro benzene ring substituents is 1. The summed E-state index contributed by atoms with van der Waals surface area (Å²) in [5, 5.41) is 13.3. The molecule has 2 aromatic rings. The molecule has 0 heterocycles. The standard InChI is InChI=1S/C21H25N3O4S/c1-15-5-4-6-18(11-15)12-23(16(2)21(26)22-3)20(25)14-29-13-17-7-9-19(10-8-17)24(27)28/h4-11,16H,12-14H2,1-3H3,(H,22,26). The number of amides is 2. The number of nitro groups is 1. The lowest BCUT2D eigenvalue weighted by molar-refractivity contribution is -0.384. The van der Waals surface area contributed by atoms with E-state index in [1.54, 1.807) is 31.0 Å². The predicted octanol–water partition coefficient (Wildman–Crippen LogP) is 3.30. The highest BCUT2D eigenvalue weighted by Crippen LogP contribution is 2.18. The van der Waals surface area contributed by atoms with E-state index in [-0.39, 0.29) is 23.3 Å². The van der Waals surface area contributed by atoms with E-state index in [0.717, 1.165) is 16.7 Å². The number of nitro benzene ring substituents is 1. The van der Waals surface area contributed by atoms with Gasteiger partial charge in [0.25, 0.3) is 5.69 Å². The van der Waals surface area contributed by atoms with Crippen molar-refractivity contribution in [2.45, 2.75) is 32.2 Å². The number of rotatable bonds is 9. The van der Waals surface area contributed by atoms with Crippen molar-refractivity contribution in [3.63, 3.8) is 0 Å². The van der Waals surface area contributed by atoms with E-state index in [1.807, 2.05) is 31.2 Å². The number of nitrogens with one attached hydrogen (secondary N) is 1. The lowest BCUT2D eigenvalue weighted by atomic mass is 10.1. The molecule has 2 aromatic carbocycles. The topological polar surface area (TPSA) is 92.6 Å². The van der Waals surface area contributed by atoms with Gasteiger partial charge < -0.3 is 10.2 Å². The number of nitrogens with zero attached hydrogens (tertiary/aromatic N) is 2. The third-order valence-electron chi connectivity index (χ3n) is 4.49. The van der Waals surface area contributed by atoms with Crippen LogP contribution in [0.1, 0.15) is 23.6 Å². The average molecular weight is 416 g/mol. The summed E-state index contributed by atoms with van der Waals surface area (Å²) in [6, 6.07) is 13.5. The Labute approximate surface area is 174 Å². The Morgan fingerprint density at radius 3 is 2.45 bits per heavy atom. The molecule has 0 spiro atoms. The number of hydrogen-bond donors (Lipinski definition) is 1. The van der Waals surface area contributed by atoms with Crippen LogP contribution >= 0.6 is 11.8 Å². The molecule has 154 valence electrons. The van der Waals surface area contributed by atoms with Gasteiger partial charge in [0.1, 0.15) is 6.04 Å². The van der Waals surface area contributed by atoms with Gasteiger partial charge in [0, 0.05) is 31.5 Å². The SMILES string of the molecule is CNC(=O)C(C)N(Cc1cccc(C)c1)C(=O)CSCc1ccc([N+](=O)[O-])cc1. The zero-order valence-corrected chi connectivity index (χ0v) is 17.6. The highest BCUT2D eigenvalue weighted by molar-refractivity contribution is 7.99. The smallest absolute Gasteiger partial charge is 0.269 e. The lowest BCUT2D eigenvalue weighted by Crippen LogP contribution is -2.47. The molecule has 1 unspecified atom stereocenters. The minimum absolute atomic E-state index is 0.0403. The fourth-order valence-electron chi connectivity index (χ4n) is 2.85. The quantitative estimate of drug-likeness (QED) is 0.501. The Morgan fingerprint density at radius 1 is 1.17 bits per heavy atom. The van der Waals surface area contributed by atoms with Gasteiger partial charge in [-0.2, -0.15) is 0 Å². The van der Waals surface area contributed by atoms with Crippen molar-refractivity contribution in [1.82, 2.24) is 10.2 Å². The number of benzene rings is 2. The molecule has 0 aliphatic rings. The summed E-state index contributed by atoms with van der Waals surface area (Å²) >= 11 is 1.41. The second kappa shape index (κ2) is 10.6. The van der Waals surface area contributed by atoms with E-state index in [4.69, 9.17) is 0 Å². The Kier molecular flexibility index (Phi) is 8.21. The van der Waals surface area contributed by atoms with Crippen molar-refractivity contribution >= 4 is 29.3 Å². The number of thioether (sulfide) groups is 1. The monoisotopic (exact) mass is 415 g/mol. The van der Waals surface area contributed by atoms with Gasteiger partial charge in [-0.1, -0.05) is 42.0 Å².